The van der Waals surface area contributed by atoms with Gasteiger partial charge in [0.25, 0.3) is 0 Å². The van der Waals surface area contributed by atoms with Gasteiger partial charge >= 0.3 is 5.69 Å². The van der Waals surface area contributed by atoms with E-state index >= 15 is 0 Å². The summed E-state index contributed by atoms with van der Waals surface area (Å²) in [6, 6.07) is 11.9. The molecule has 5 rings (SSSR count). The first kappa shape index (κ1) is 18.5. The molecule has 8 heteroatoms. The third-order valence-corrected chi connectivity index (χ3v) is 5.90. The maximum Gasteiger partial charge on any atom is 0.326 e. The lowest BCUT2D eigenvalue weighted by Gasteiger charge is -2.33. The van der Waals surface area contributed by atoms with Crippen molar-refractivity contribution in [2.45, 2.75) is 18.9 Å². The first-order chi connectivity index (χ1) is 14.7. The van der Waals surface area contributed by atoms with Gasteiger partial charge in [0, 0.05) is 29.9 Å². The molecule has 3 heterocycles. The van der Waals surface area contributed by atoms with E-state index < -0.39 is 0 Å². The second-order valence-corrected chi connectivity index (χ2v) is 7.50. The number of imidazole rings is 1. The van der Waals surface area contributed by atoms with Gasteiger partial charge in [0.15, 0.2) is 17.3 Å². The van der Waals surface area contributed by atoms with Gasteiger partial charge in [0.2, 0.25) is 0 Å². The molecule has 2 aromatic heterocycles. The van der Waals surface area contributed by atoms with Crippen LogP contribution in [0.2, 0.25) is 0 Å². The number of methoxy groups -OCH3 is 2. The minimum absolute atomic E-state index is 0.0450. The summed E-state index contributed by atoms with van der Waals surface area (Å²) in [5, 5.41) is 10.5. The van der Waals surface area contributed by atoms with Crippen molar-refractivity contribution in [2.24, 2.45) is 0 Å². The number of para-hydroxylation sites is 2. The van der Waals surface area contributed by atoms with Crippen molar-refractivity contribution >= 4 is 27.6 Å². The van der Waals surface area contributed by atoms with Gasteiger partial charge in [-0.1, -0.05) is 12.1 Å². The first-order valence-corrected chi connectivity index (χ1v) is 10.0. The number of nitrogens with one attached hydrogen (secondary N) is 1. The quantitative estimate of drug-likeness (QED) is 0.562. The highest BCUT2D eigenvalue weighted by molar-refractivity contribution is 5.94. The minimum Gasteiger partial charge on any atom is -0.493 e. The number of hydrogen-bond donors (Lipinski definition) is 1. The SMILES string of the molecule is COc1cc2cnnc(N3CCC(n4c(=O)[nH]c5ccccc54)CC3)c2cc1OC. The summed E-state index contributed by atoms with van der Waals surface area (Å²) in [6.07, 6.45) is 3.44. The number of piperidine rings is 1. The van der Waals surface area contributed by atoms with Crippen LogP contribution >= 0.6 is 0 Å². The van der Waals surface area contributed by atoms with Crippen molar-refractivity contribution in [3.8, 4) is 11.5 Å². The number of hydrogen-bond acceptors (Lipinski definition) is 6. The number of aromatic nitrogens is 4. The van der Waals surface area contributed by atoms with Crippen LogP contribution in [0.1, 0.15) is 18.9 Å². The van der Waals surface area contributed by atoms with Crippen LogP contribution in [0.25, 0.3) is 21.8 Å². The highest BCUT2D eigenvalue weighted by Gasteiger charge is 2.25. The zero-order valence-electron chi connectivity index (χ0n) is 17.0. The fourth-order valence-corrected chi connectivity index (χ4v) is 4.40. The molecule has 4 aromatic rings. The van der Waals surface area contributed by atoms with Gasteiger partial charge < -0.3 is 19.4 Å². The molecule has 0 bridgehead atoms. The van der Waals surface area contributed by atoms with Crippen molar-refractivity contribution < 1.29 is 9.47 Å². The number of H-pyrrole nitrogens is 1. The van der Waals surface area contributed by atoms with E-state index in [1.54, 1.807) is 20.4 Å². The fourth-order valence-electron chi connectivity index (χ4n) is 4.40. The Morgan fingerprint density at radius 1 is 1.07 bits per heavy atom. The molecule has 0 atom stereocenters. The Bertz CT molecular complexity index is 1270. The molecule has 0 spiro atoms. The molecular formula is C22H23N5O3. The van der Waals surface area contributed by atoms with E-state index in [9.17, 15) is 4.79 Å². The van der Waals surface area contributed by atoms with Crippen LogP contribution in [-0.4, -0.2) is 47.1 Å². The van der Waals surface area contributed by atoms with E-state index in [0.29, 0.717) is 11.5 Å². The van der Waals surface area contributed by atoms with E-state index in [4.69, 9.17) is 9.47 Å². The maximum absolute atomic E-state index is 12.5. The van der Waals surface area contributed by atoms with Crippen LogP contribution in [0.5, 0.6) is 11.5 Å². The van der Waals surface area contributed by atoms with E-state index in [1.165, 1.54) is 0 Å². The average Bonchev–Trinajstić information content (AvgIpc) is 3.13. The highest BCUT2D eigenvalue weighted by atomic mass is 16.5. The van der Waals surface area contributed by atoms with Crippen LogP contribution in [0.4, 0.5) is 5.82 Å². The summed E-state index contributed by atoms with van der Waals surface area (Å²) in [7, 11) is 3.25. The number of ether oxygens (including phenoxy) is 2. The van der Waals surface area contributed by atoms with Crippen LogP contribution in [0, 0.1) is 0 Å². The first-order valence-electron chi connectivity index (χ1n) is 10.0. The minimum atomic E-state index is -0.0450. The monoisotopic (exact) mass is 405 g/mol. The molecule has 1 N–H and O–H groups in total. The molecule has 1 saturated heterocycles. The summed E-state index contributed by atoms with van der Waals surface area (Å²) < 4.78 is 12.8. The molecule has 154 valence electrons. The number of fused-ring (bicyclic) bond motifs is 2. The van der Waals surface area contributed by atoms with Gasteiger partial charge in [-0.2, -0.15) is 5.10 Å². The van der Waals surface area contributed by atoms with E-state index in [0.717, 1.165) is 53.6 Å². The Hall–Kier alpha value is -3.55. The van der Waals surface area contributed by atoms with Crippen LogP contribution in [0.3, 0.4) is 0 Å². The van der Waals surface area contributed by atoms with Crippen LogP contribution in [-0.2, 0) is 0 Å². The number of aromatic amines is 1. The smallest absolute Gasteiger partial charge is 0.326 e. The third-order valence-electron chi connectivity index (χ3n) is 5.90. The molecule has 0 radical (unpaired) electrons. The van der Waals surface area contributed by atoms with Gasteiger partial charge in [-0.05, 0) is 37.1 Å². The molecule has 0 aliphatic carbocycles. The van der Waals surface area contributed by atoms with Crippen molar-refractivity contribution in [2.75, 3.05) is 32.2 Å². The summed E-state index contributed by atoms with van der Waals surface area (Å²) in [4.78, 5) is 17.7. The third kappa shape index (κ3) is 2.96. The lowest BCUT2D eigenvalue weighted by molar-refractivity contribution is 0.356. The van der Waals surface area contributed by atoms with Crippen molar-refractivity contribution in [1.82, 2.24) is 19.7 Å². The van der Waals surface area contributed by atoms with Crippen LogP contribution < -0.4 is 20.1 Å². The lowest BCUT2D eigenvalue weighted by Crippen LogP contribution is -2.37. The molecule has 2 aromatic carbocycles. The predicted octanol–water partition coefficient (Wildman–Crippen LogP) is 3.13. The van der Waals surface area contributed by atoms with Gasteiger partial charge in [-0.15, -0.1) is 5.10 Å². The molecule has 0 saturated carbocycles. The Kier molecular flexibility index (Phi) is 4.54. The Balaban J connectivity index is 1.45. The van der Waals surface area contributed by atoms with Crippen molar-refractivity contribution in [3.05, 3.63) is 53.1 Å². The summed E-state index contributed by atoms with van der Waals surface area (Å²) in [6.45, 7) is 1.58. The number of rotatable bonds is 4. The summed E-state index contributed by atoms with van der Waals surface area (Å²) in [5.74, 6) is 2.17. The molecule has 0 amide bonds. The lowest BCUT2D eigenvalue weighted by atomic mass is 10.0. The molecule has 8 nitrogen and oxygen atoms in total. The summed E-state index contributed by atoms with van der Waals surface area (Å²) >= 11 is 0. The zero-order valence-corrected chi connectivity index (χ0v) is 17.0. The molecule has 0 unspecified atom stereocenters. The number of benzene rings is 2. The maximum atomic E-state index is 12.5. The van der Waals surface area contributed by atoms with Crippen LogP contribution in [0.15, 0.2) is 47.4 Å². The van der Waals surface area contributed by atoms with Crippen molar-refractivity contribution in [1.29, 1.82) is 0 Å². The van der Waals surface area contributed by atoms with Gasteiger partial charge in [0.1, 0.15) is 0 Å². The van der Waals surface area contributed by atoms with Crippen molar-refractivity contribution in [3.63, 3.8) is 0 Å². The summed E-state index contributed by atoms with van der Waals surface area (Å²) in [5.41, 5.74) is 1.80. The fraction of sp³-hybridized carbons (Fsp3) is 0.318. The Morgan fingerprint density at radius 3 is 2.57 bits per heavy atom. The Labute approximate surface area is 173 Å². The number of anilines is 1. The van der Waals surface area contributed by atoms with Gasteiger partial charge in [-0.3, -0.25) is 4.57 Å². The van der Waals surface area contributed by atoms with E-state index in [2.05, 4.69) is 20.1 Å². The second-order valence-electron chi connectivity index (χ2n) is 7.50. The molecule has 1 aliphatic heterocycles. The topological polar surface area (TPSA) is 85.3 Å². The molecular weight excluding hydrogens is 382 g/mol. The standard InChI is InChI=1S/C22H23N5O3/c1-29-19-11-14-13-23-25-21(16(14)12-20(19)30-2)26-9-7-15(8-10-26)27-18-6-4-3-5-17(18)24-22(27)28/h3-6,11-13,15H,7-10H2,1-2H3,(H,24,28). The van der Waals surface area contributed by atoms with Gasteiger partial charge in [0.05, 0.1) is 31.4 Å². The second kappa shape index (κ2) is 7.37. The van der Waals surface area contributed by atoms with Gasteiger partial charge in [-0.25, -0.2) is 4.79 Å². The largest absolute Gasteiger partial charge is 0.493 e. The molecule has 1 fully saturated rings. The molecule has 30 heavy (non-hydrogen) atoms. The van der Waals surface area contributed by atoms with E-state index in [-0.39, 0.29) is 11.7 Å². The molecule has 1 aliphatic rings. The normalized spacial score (nSPS) is 15.1. The Morgan fingerprint density at radius 2 is 1.80 bits per heavy atom. The predicted molar refractivity (Wildman–Crippen MR) is 116 cm³/mol. The average molecular weight is 405 g/mol. The number of nitrogens with zero attached hydrogens (tertiary/aromatic N) is 4. The van der Waals surface area contributed by atoms with E-state index in [1.807, 2.05) is 41.0 Å². The highest BCUT2D eigenvalue weighted by Crippen LogP contribution is 2.36. The zero-order chi connectivity index (χ0) is 20.7.